The van der Waals surface area contributed by atoms with E-state index in [2.05, 4.69) is 13.2 Å². The molecule has 0 aliphatic rings. The molecule has 21 heavy (non-hydrogen) atoms. The maximum absolute atomic E-state index is 9.00. The van der Waals surface area contributed by atoms with Crippen LogP contribution in [0.2, 0.25) is 0 Å². The Morgan fingerprint density at radius 2 is 0.571 bits per heavy atom. The van der Waals surface area contributed by atoms with Crippen LogP contribution in [0.15, 0.2) is 13.2 Å². The first-order valence-corrected chi connectivity index (χ1v) is 4.21. The van der Waals surface area contributed by atoms with Gasteiger partial charge >= 0.3 is 37.7 Å². The van der Waals surface area contributed by atoms with Crippen LogP contribution in [0.3, 0.4) is 0 Å². The molecule has 0 saturated heterocycles. The number of hydrogen-bond acceptors (Lipinski definition) is 6. The van der Waals surface area contributed by atoms with E-state index in [0.717, 1.165) is 27.7 Å². The van der Waals surface area contributed by atoms with Gasteiger partial charge in [-0.05, 0) is 0 Å². The summed E-state index contributed by atoms with van der Waals surface area (Å²) < 4.78 is 0. The standard InChI is InChI=1S/4C2H4O2.C2H4.Ca.2H3N.2H/c4*1-2(3)4;1-2;;;;;/h4*1H3,(H,3,4);1-2H2;;2*1H3;;. The fourth-order valence-corrected chi connectivity index (χ4v) is 0. The second kappa shape index (κ2) is 51.1. The second-order valence-electron chi connectivity index (χ2n) is 2.08. The number of hydrogen-bond donors (Lipinski definition) is 6. The second-order valence-corrected chi connectivity index (χ2v) is 2.08. The Morgan fingerprint density at radius 3 is 0.571 bits per heavy atom. The normalized spacial score (nSPS) is 4.95. The quantitative estimate of drug-likeness (QED) is 0.265. The van der Waals surface area contributed by atoms with Crippen molar-refractivity contribution in [2.75, 3.05) is 0 Å². The fourth-order valence-electron chi connectivity index (χ4n) is 0. The van der Waals surface area contributed by atoms with E-state index in [1.165, 1.54) is 0 Å². The van der Waals surface area contributed by atoms with Crippen molar-refractivity contribution in [2.24, 2.45) is 0 Å². The van der Waals surface area contributed by atoms with Gasteiger partial charge < -0.3 is 32.7 Å². The van der Waals surface area contributed by atoms with Gasteiger partial charge in [0.05, 0.1) is 0 Å². The number of rotatable bonds is 0. The molecule has 0 rings (SSSR count). The Bertz CT molecular complexity index is 185. The summed E-state index contributed by atoms with van der Waals surface area (Å²) in [7, 11) is 0. The van der Waals surface area contributed by atoms with Gasteiger partial charge in [0.15, 0.2) is 0 Å². The van der Waals surface area contributed by atoms with Gasteiger partial charge in [-0.25, -0.2) is 0 Å². The van der Waals surface area contributed by atoms with Crippen molar-refractivity contribution >= 4 is 61.6 Å². The summed E-state index contributed by atoms with van der Waals surface area (Å²) in [4.78, 5) is 36.0. The van der Waals surface area contributed by atoms with Crippen molar-refractivity contribution in [1.29, 1.82) is 0 Å². The Kier molecular flexibility index (Phi) is 122. The van der Waals surface area contributed by atoms with Gasteiger partial charge in [-0.3, -0.25) is 19.2 Å². The minimum absolute atomic E-state index is 0. The molecule has 128 valence electrons. The summed E-state index contributed by atoms with van der Waals surface area (Å²) in [5, 5.41) is 29.7. The van der Waals surface area contributed by atoms with E-state index in [1.807, 2.05) is 0 Å². The van der Waals surface area contributed by atoms with E-state index in [4.69, 9.17) is 39.6 Å². The van der Waals surface area contributed by atoms with Crippen molar-refractivity contribution in [3.8, 4) is 0 Å². The molecule has 0 fully saturated rings. The molecule has 10 nitrogen and oxygen atoms in total. The van der Waals surface area contributed by atoms with E-state index in [1.54, 1.807) is 0 Å². The van der Waals surface area contributed by atoms with Gasteiger partial charge in [-0.15, -0.1) is 13.2 Å². The third-order valence-corrected chi connectivity index (χ3v) is 0. The summed E-state index contributed by atoms with van der Waals surface area (Å²) >= 11 is 0. The Hall–Kier alpha value is -1.20. The zero-order valence-corrected chi connectivity index (χ0v) is 12.3. The van der Waals surface area contributed by atoms with Crippen LogP contribution >= 0.6 is 0 Å². The van der Waals surface area contributed by atoms with Crippen LogP contribution in [0.4, 0.5) is 0 Å². The molecule has 0 aliphatic carbocycles. The van der Waals surface area contributed by atoms with Crippen molar-refractivity contribution < 1.29 is 39.6 Å². The van der Waals surface area contributed by atoms with Gasteiger partial charge in [0.1, 0.15) is 0 Å². The topological polar surface area (TPSA) is 219 Å². The third kappa shape index (κ3) is 3680. The first-order chi connectivity index (χ1) is 7.93. The Labute approximate surface area is 154 Å². The van der Waals surface area contributed by atoms with Crippen molar-refractivity contribution in [1.82, 2.24) is 12.3 Å². The first-order valence-electron chi connectivity index (χ1n) is 4.21. The molecule has 0 aromatic rings. The monoisotopic (exact) mass is 344 g/mol. The molecule has 0 aromatic heterocycles. The summed E-state index contributed by atoms with van der Waals surface area (Å²) in [6, 6.07) is 0. The predicted octanol–water partition coefficient (Wildman–Crippen LogP) is 0.574. The number of carbonyl (C=O) groups is 4. The van der Waals surface area contributed by atoms with Crippen molar-refractivity contribution in [3.05, 3.63) is 13.2 Å². The molecule has 0 aromatic carbocycles. The fraction of sp³-hybridized carbons (Fsp3) is 0.400. The van der Waals surface area contributed by atoms with Crippen LogP contribution in [-0.2, 0) is 19.2 Å². The van der Waals surface area contributed by atoms with Crippen molar-refractivity contribution in [3.63, 3.8) is 0 Å². The predicted molar refractivity (Wildman–Crippen MR) is 83.1 cm³/mol. The van der Waals surface area contributed by atoms with Crippen LogP contribution in [0.25, 0.3) is 0 Å². The number of carboxylic acids is 4. The average molecular weight is 344 g/mol. The molecule has 0 unspecified atom stereocenters. The van der Waals surface area contributed by atoms with Gasteiger partial charge in [-0.1, -0.05) is 0 Å². The van der Waals surface area contributed by atoms with Gasteiger partial charge in [0.2, 0.25) is 0 Å². The summed E-state index contributed by atoms with van der Waals surface area (Å²) in [6.07, 6.45) is 0. The molecule has 0 aliphatic heterocycles. The van der Waals surface area contributed by atoms with E-state index in [-0.39, 0.29) is 50.0 Å². The molecular formula is C10H28CaN2O8. The molecule has 0 radical (unpaired) electrons. The first kappa shape index (κ1) is 50.3. The Morgan fingerprint density at radius 1 is 0.571 bits per heavy atom. The summed E-state index contributed by atoms with van der Waals surface area (Å²) in [6.45, 7) is 10.3. The van der Waals surface area contributed by atoms with Crippen LogP contribution in [0.1, 0.15) is 27.7 Å². The van der Waals surface area contributed by atoms with E-state index in [0.29, 0.717) is 0 Å². The molecule has 0 spiro atoms. The Balaban J connectivity index is -0.0000000164. The van der Waals surface area contributed by atoms with E-state index in [9.17, 15) is 0 Å². The van der Waals surface area contributed by atoms with Crippen LogP contribution in [0.5, 0.6) is 0 Å². The zero-order chi connectivity index (χ0) is 16.3. The SMILES string of the molecule is C=C.CC(=O)O.CC(=O)O.CC(=O)O.CC(=O)O.N.N.[CaH2]. The van der Waals surface area contributed by atoms with Crippen LogP contribution in [0, 0.1) is 0 Å². The third-order valence-electron chi connectivity index (χ3n) is 0. The minimum atomic E-state index is -0.833. The molecule has 11 heteroatoms. The number of aliphatic carboxylic acids is 4. The summed E-state index contributed by atoms with van der Waals surface area (Å²) in [5.41, 5.74) is 0. The van der Waals surface area contributed by atoms with E-state index < -0.39 is 23.9 Å². The molecular weight excluding hydrogens is 316 g/mol. The van der Waals surface area contributed by atoms with Gasteiger partial charge in [0.25, 0.3) is 23.9 Å². The number of carboxylic acid groups (broad SMARTS) is 4. The molecule has 0 atom stereocenters. The van der Waals surface area contributed by atoms with Crippen LogP contribution < -0.4 is 12.3 Å². The molecule has 0 bridgehead atoms. The molecule has 0 heterocycles. The average Bonchev–Trinajstić information content (AvgIpc) is 2.01. The van der Waals surface area contributed by atoms with Crippen molar-refractivity contribution in [2.45, 2.75) is 27.7 Å². The molecule has 0 saturated carbocycles. The van der Waals surface area contributed by atoms with Gasteiger partial charge in [-0.2, -0.15) is 0 Å². The van der Waals surface area contributed by atoms with Gasteiger partial charge in [0, 0.05) is 27.7 Å². The summed E-state index contributed by atoms with van der Waals surface area (Å²) in [5.74, 6) is -3.33. The molecule has 10 N–H and O–H groups in total. The molecule has 0 amide bonds. The van der Waals surface area contributed by atoms with E-state index >= 15 is 0 Å². The zero-order valence-electron chi connectivity index (χ0n) is 12.3. The maximum atomic E-state index is 9.00. The van der Waals surface area contributed by atoms with Crippen LogP contribution in [-0.4, -0.2) is 82.0 Å².